The summed E-state index contributed by atoms with van der Waals surface area (Å²) in [4.78, 5) is 13.0. The van der Waals surface area contributed by atoms with E-state index in [0.29, 0.717) is 5.92 Å². The fourth-order valence-electron chi connectivity index (χ4n) is 2.47. The Morgan fingerprint density at radius 3 is 2.94 bits per heavy atom. The molecule has 1 aromatic rings. The van der Waals surface area contributed by atoms with Crippen molar-refractivity contribution < 1.29 is 9.53 Å². The number of hydrogen-bond donors (Lipinski definition) is 0. The molecule has 3 heteroatoms. The summed E-state index contributed by atoms with van der Waals surface area (Å²) in [5.41, 5.74) is 2.98. The quantitative estimate of drug-likeness (QED) is 0.766. The molecule has 1 fully saturated rings. The molecule has 1 heterocycles. The molecule has 3 nitrogen and oxygen atoms in total. The number of aldehydes is 1. The molecule has 0 bridgehead atoms. The predicted molar refractivity (Wildman–Crippen MR) is 73.4 cm³/mol. The average Bonchev–Trinajstić information content (AvgIpc) is 2.39. The van der Waals surface area contributed by atoms with Gasteiger partial charge in [0.2, 0.25) is 0 Å². The van der Waals surface area contributed by atoms with Gasteiger partial charge in [-0.25, -0.2) is 0 Å². The van der Waals surface area contributed by atoms with Crippen LogP contribution in [0.1, 0.15) is 28.8 Å². The lowest BCUT2D eigenvalue weighted by Gasteiger charge is -2.28. The van der Waals surface area contributed by atoms with Gasteiger partial charge in [-0.3, -0.25) is 4.79 Å². The van der Waals surface area contributed by atoms with Crippen molar-refractivity contribution >= 4 is 12.0 Å². The Hall–Kier alpha value is -1.35. The number of anilines is 1. The van der Waals surface area contributed by atoms with Crippen LogP contribution in [-0.4, -0.2) is 33.1 Å². The molecular weight excluding hydrogens is 226 g/mol. The molecule has 0 aromatic heterocycles. The second-order valence-electron chi connectivity index (χ2n) is 5.12. The van der Waals surface area contributed by atoms with Crippen molar-refractivity contribution in [2.45, 2.75) is 19.8 Å². The Bertz CT molecular complexity index is 411. The van der Waals surface area contributed by atoms with Gasteiger partial charge < -0.3 is 9.64 Å². The molecule has 1 aromatic carbocycles. The monoisotopic (exact) mass is 247 g/mol. The first-order chi connectivity index (χ1) is 8.70. The molecule has 0 amide bonds. The van der Waals surface area contributed by atoms with E-state index in [1.165, 1.54) is 18.5 Å². The molecule has 98 valence electrons. The van der Waals surface area contributed by atoms with Gasteiger partial charge in [-0.15, -0.1) is 0 Å². The molecular formula is C15H21NO2. The van der Waals surface area contributed by atoms with Gasteiger partial charge in [0.05, 0.1) is 6.61 Å². The highest BCUT2D eigenvalue weighted by Gasteiger charge is 2.16. The van der Waals surface area contributed by atoms with Crippen molar-refractivity contribution in [3.05, 3.63) is 29.3 Å². The van der Waals surface area contributed by atoms with Crippen LogP contribution in [0, 0.1) is 12.8 Å². The van der Waals surface area contributed by atoms with Gasteiger partial charge in [0.15, 0.2) is 0 Å². The largest absolute Gasteiger partial charge is 0.381 e. The first kappa shape index (κ1) is 13.1. The van der Waals surface area contributed by atoms with E-state index in [4.69, 9.17) is 4.74 Å². The van der Waals surface area contributed by atoms with Gasteiger partial charge in [0.1, 0.15) is 6.29 Å². The maximum Gasteiger partial charge on any atom is 0.150 e. The minimum Gasteiger partial charge on any atom is -0.381 e. The highest BCUT2D eigenvalue weighted by atomic mass is 16.5. The Morgan fingerprint density at radius 1 is 1.50 bits per heavy atom. The van der Waals surface area contributed by atoms with Crippen molar-refractivity contribution in [1.29, 1.82) is 0 Å². The van der Waals surface area contributed by atoms with E-state index < -0.39 is 0 Å². The zero-order chi connectivity index (χ0) is 13.0. The molecule has 1 aliphatic heterocycles. The van der Waals surface area contributed by atoms with Crippen molar-refractivity contribution in [3.63, 3.8) is 0 Å². The summed E-state index contributed by atoms with van der Waals surface area (Å²) in [5, 5.41) is 0. The summed E-state index contributed by atoms with van der Waals surface area (Å²) < 4.78 is 5.51. The number of hydrogen-bond acceptors (Lipinski definition) is 3. The van der Waals surface area contributed by atoms with Crippen LogP contribution in [0.25, 0.3) is 0 Å². The van der Waals surface area contributed by atoms with Gasteiger partial charge in [-0.2, -0.15) is 0 Å². The Balaban J connectivity index is 2.01. The van der Waals surface area contributed by atoms with Gasteiger partial charge in [-0.1, -0.05) is 0 Å². The highest BCUT2D eigenvalue weighted by molar-refractivity contribution is 5.78. The van der Waals surface area contributed by atoms with Crippen LogP contribution in [0.3, 0.4) is 0 Å². The number of aryl methyl sites for hydroxylation is 1. The van der Waals surface area contributed by atoms with Gasteiger partial charge in [-0.05, 0) is 49.4 Å². The van der Waals surface area contributed by atoms with Crippen LogP contribution < -0.4 is 4.90 Å². The van der Waals surface area contributed by atoms with Crippen molar-refractivity contribution in [3.8, 4) is 0 Å². The van der Waals surface area contributed by atoms with E-state index in [0.717, 1.165) is 37.2 Å². The fraction of sp³-hybridized carbons (Fsp3) is 0.533. The third kappa shape index (κ3) is 3.10. The second kappa shape index (κ2) is 6.01. The number of benzene rings is 1. The minimum absolute atomic E-state index is 0.620. The molecule has 1 unspecified atom stereocenters. The molecule has 0 saturated carbocycles. The SMILES string of the molecule is Cc1cc(N(C)CC2CCCOC2)ccc1C=O. The minimum atomic E-state index is 0.620. The number of carbonyl (C=O) groups is 1. The van der Waals surface area contributed by atoms with E-state index >= 15 is 0 Å². The molecule has 1 aliphatic rings. The summed E-state index contributed by atoms with van der Waals surface area (Å²) in [6.45, 7) is 4.77. The summed E-state index contributed by atoms with van der Waals surface area (Å²) in [6, 6.07) is 5.99. The van der Waals surface area contributed by atoms with Crippen LogP contribution >= 0.6 is 0 Å². The molecule has 0 spiro atoms. The molecule has 1 atom stereocenters. The highest BCUT2D eigenvalue weighted by Crippen LogP contribution is 2.21. The smallest absolute Gasteiger partial charge is 0.150 e. The normalized spacial score (nSPS) is 19.6. The Morgan fingerprint density at radius 2 is 2.33 bits per heavy atom. The third-order valence-corrected chi connectivity index (χ3v) is 3.61. The number of ether oxygens (including phenoxy) is 1. The first-order valence-corrected chi connectivity index (χ1v) is 6.55. The Labute approximate surface area is 109 Å². The van der Waals surface area contributed by atoms with E-state index in [2.05, 4.69) is 18.0 Å². The zero-order valence-corrected chi connectivity index (χ0v) is 11.2. The summed E-state index contributed by atoms with van der Waals surface area (Å²) in [6.07, 6.45) is 3.32. The molecule has 2 rings (SSSR count). The van der Waals surface area contributed by atoms with Crippen LogP contribution in [-0.2, 0) is 4.74 Å². The lowest BCUT2D eigenvalue weighted by Crippen LogP contribution is -2.30. The number of nitrogens with zero attached hydrogens (tertiary/aromatic N) is 1. The van der Waals surface area contributed by atoms with Crippen LogP contribution in [0.15, 0.2) is 18.2 Å². The van der Waals surface area contributed by atoms with Crippen LogP contribution in [0.5, 0.6) is 0 Å². The first-order valence-electron chi connectivity index (χ1n) is 6.55. The van der Waals surface area contributed by atoms with E-state index in [1.54, 1.807) is 0 Å². The molecule has 0 aliphatic carbocycles. The lowest BCUT2D eigenvalue weighted by molar-refractivity contribution is 0.0576. The van der Waals surface area contributed by atoms with Crippen LogP contribution in [0.2, 0.25) is 0 Å². The fourth-order valence-corrected chi connectivity index (χ4v) is 2.47. The van der Waals surface area contributed by atoms with E-state index in [1.807, 2.05) is 19.1 Å². The molecule has 18 heavy (non-hydrogen) atoms. The standard InChI is InChI=1S/C15H21NO2/c1-12-8-15(6-5-14(12)10-17)16(2)9-13-4-3-7-18-11-13/h5-6,8,10,13H,3-4,7,9,11H2,1-2H3. The van der Waals surface area contributed by atoms with Crippen molar-refractivity contribution in [2.24, 2.45) is 5.92 Å². The Kier molecular flexibility index (Phi) is 4.37. The predicted octanol–water partition coefficient (Wildman–Crippen LogP) is 2.67. The number of rotatable bonds is 4. The maximum atomic E-state index is 10.8. The van der Waals surface area contributed by atoms with E-state index in [9.17, 15) is 4.79 Å². The van der Waals surface area contributed by atoms with Crippen molar-refractivity contribution in [1.82, 2.24) is 0 Å². The number of carbonyl (C=O) groups excluding carboxylic acids is 1. The van der Waals surface area contributed by atoms with Gasteiger partial charge >= 0.3 is 0 Å². The lowest BCUT2D eigenvalue weighted by atomic mass is 10.0. The van der Waals surface area contributed by atoms with E-state index in [-0.39, 0.29) is 0 Å². The zero-order valence-electron chi connectivity index (χ0n) is 11.2. The van der Waals surface area contributed by atoms with Gasteiger partial charge in [0, 0.05) is 31.5 Å². The molecule has 0 radical (unpaired) electrons. The second-order valence-corrected chi connectivity index (χ2v) is 5.12. The summed E-state index contributed by atoms with van der Waals surface area (Å²) in [7, 11) is 2.10. The topological polar surface area (TPSA) is 29.5 Å². The van der Waals surface area contributed by atoms with Crippen molar-refractivity contribution in [2.75, 3.05) is 31.7 Å². The maximum absolute atomic E-state index is 10.8. The third-order valence-electron chi connectivity index (χ3n) is 3.61. The summed E-state index contributed by atoms with van der Waals surface area (Å²) >= 11 is 0. The van der Waals surface area contributed by atoms with Gasteiger partial charge in [0.25, 0.3) is 0 Å². The average molecular weight is 247 g/mol. The molecule has 1 saturated heterocycles. The molecule has 0 N–H and O–H groups in total. The van der Waals surface area contributed by atoms with Crippen LogP contribution in [0.4, 0.5) is 5.69 Å². The summed E-state index contributed by atoms with van der Waals surface area (Å²) in [5.74, 6) is 0.620.